The molecule has 1 aliphatic heterocycles. The molecule has 0 saturated carbocycles. The lowest BCUT2D eigenvalue weighted by atomic mass is 9.87. The lowest BCUT2D eigenvalue weighted by Gasteiger charge is -2.32. The van der Waals surface area contributed by atoms with E-state index in [0.29, 0.717) is 25.1 Å². The lowest BCUT2D eigenvalue weighted by Crippen LogP contribution is -2.39. The molecule has 1 atom stereocenters. The maximum Gasteiger partial charge on any atom is 0.243 e. The average molecular weight is 437 g/mol. The Kier molecular flexibility index (Phi) is 5.91. The highest BCUT2D eigenvalue weighted by Gasteiger charge is 2.33. The van der Waals surface area contributed by atoms with Gasteiger partial charge in [0.15, 0.2) is 9.84 Å². The Hall–Kier alpha value is -1.77. The van der Waals surface area contributed by atoms with E-state index in [0.717, 1.165) is 11.8 Å². The fraction of sp³-hybridized carbons (Fsp3) is 0.476. The van der Waals surface area contributed by atoms with Crippen LogP contribution in [0.1, 0.15) is 50.8 Å². The summed E-state index contributed by atoms with van der Waals surface area (Å²) >= 11 is 0. The number of benzene rings is 1. The van der Waals surface area contributed by atoms with Gasteiger partial charge < -0.3 is 0 Å². The molecule has 0 bridgehead atoms. The number of piperidine rings is 1. The fourth-order valence-electron chi connectivity index (χ4n) is 3.68. The highest BCUT2D eigenvalue weighted by Crippen LogP contribution is 2.33. The molecule has 1 aromatic carbocycles. The van der Waals surface area contributed by atoms with Crippen LogP contribution in [0, 0.1) is 0 Å². The van der Waals surface area contributed by atoms with Crippen molar-refractivity contribution in [1.29, 1.82) is 0 Å². The van der Waals surface area contributed by atoms with Crippen LogP contribution in [-0.4, -0.2) is 45.5 Å². The molecule has 3 rings (SSSR count). The second-order valence-electron chi connectivity index (χ2n) is 8.64. The van der Waals surface area contributed by atoms with Crippen LogP contribution in [0.3, 0.4) is 0 Å². The minimum atomic E-state index is -3.66. The average Bonchev–Trinajstić information content (AvgIpc) is 2.67. The molecule has 6 nitrogen and oxygen atoms in total. The van der Waals surface area contributed by atoms with Crippen molar-refractivity contribution >= 4 is 19.9 Å². The largest absolute Gasteiger partial charge is 0.260 e. The highest BCUT2D eigenvalue weighted by atomic mass is 32.2. The molecule has 1 fully saturated rings. The number of sulfone groups is 1. The number of aromatic nitrogens is 1. The summed E-state index contributed by atoms with van der Waals surface area (Å²) in [7, 11) is -7.09. The second-order valence-corrected chi connectivity index (χ2v) is 12.6. The fourth-order valence-corrected chi connectivity index (χ4v) is 6.13. The van der Waals surface area contributed by atoms with Gasteiger partial charge in [0, 0.05) is 31.5 Å². The van der Waals surface area contributed by atoms with Crippen molar-refractivity contribution in [3.63, 3.8) is 0 Å². The Balaban J connectivity index is 1.90. The van der Waals surface area contributed by atoms with Crippen LogP contribution in [0.15, 0.2) is 52.4 Å². The Morgan fingerprint density at radius 3 is 2.28 bits per heavy atom. The summed E-state index contributed by atoms with van der Waals surface area (Å²) in [5.41, 5.74) is 1.47. The zero-order valence-electron chi connectivity index (χ0n) is 17.3. The van der Waals surface area contributed by atoms with Gasteiger partial charge in [0.05, 0.1) is 15.5 Å². The normalized spacial score (nSPS) is 19.2. The Morgan fingerprint density at radius 1 is 1.03 bits per heavy atom. The molecule has 1 aromatic heterocycles. The maximum absolute atomic E-state index is 13.2. The molecule has 0 N–H and O–H groups in total. The third kappa shape index (κ3) is 4.70. The zero-order chi connectivity index (χ0) is 21.4. The van der Waals surface area contributed by atoms with Crippen molar-refractivity contribution in [2.75, 3.05) is 19.3 Å². The van der Waals surface area contributed by atoms with E-state index >= 15 is 0 Å². The number of nitrogens with zero attached hydrogens (tertiary/aromatic N) is 2. The molecule has 0 aliphatic carbocycles. The summed E-state index contributed by atoms with van der Waals surface area (Å²) in [5, 5.41) is 0. The highest BCUT2D eigenvalue weighted by molar-refractivity contribution is 7.90. The molecular formula is C21H28N2O4S2. The van der Waals surface area contributed by atoms with Crippen LogP contribution in [-0.2, 0) is 25.3 Å². The summed E-state index contributed by atoms with van der Waals surface area (Å²) in [5.74, 6) is -0.252. The van der Waals surface area contributed by atoms with Crippen LogP contribution >= 0.6 is 0 Å². The predicted octanol–water partition coefficient (Wildman–Crippen LogP) is 3.35. The first-order valence-corrected chi connectivity index (χ1v) is 13.0. The molecule has 1 aliphatic rings. The van der Waals surface area contributed by atoms with E-state index in [1.165, 1.54) is 10.4 Å². The van der Waals surface area contributed by atoms with E-state index in [-0.39, 0.29) is 27.7 Å². The first kappa shape index (κ1) is 21.9. The quantitative estimate of drug-likeness (QED) is 0.734. The first-order chi connectivity index (χ1) is 13.4. The van der Waals surface area contributed by atoms with Crippen LogP contribution < -0.4 is 0 Å². The minimum Gasteiger partial charge on any atom is -0.260 e. The third-order valence-corrected chi connectivity index (χ3v) is 8.35. The molecule has 1 saturated heterocycles. The molecule has 0 amide bonds. The standard InChI is InChI=1S/C21H28N2O4S2/c1-21(2,3)17-9-11-18(12-10-17)29(26,27)23-14-6-7-16(15-23)20-19(28(4,24)25)8-5-13-22-20/h5,8-13,16H,6-7,14-15H2,1-4H3. The number of rotatable bonds is 4. The van der Waals surface area contributed by atoms with E-state index in [9.17, 15) is 16.8 Å². The van der Waals surface area contributed by atoms with Crippen LogP contribution in [0.25, 0.3) is 0 Å². The van der Waals surface area contributed by atoms with Gasteiger partial charge in [-0.2, -0.15) is 4.31 Å². The van der Waals surface area contributed by atoms with Gasteiger partial charge in [0.2, 0.25) is 10.0 Å². The van der Waals surface area contributed by atoms with E-state index in [1.54, 1.807) is 24.4 Å². The van der Waals surface area contributed by atoms with E-state index in [4.69, 9.17) is 0 Å². The third-order valence-electron chi connectivity index (χ3n) is 5.33. The summed E-state index contributed by atoms with van der Waals surface area (Å²) in [6.07, 6.45) is 4.07. The smallest absolute Gasteiger partial charge is 0.243 e. The van der Waals surface area contributed by atoms with Crippen molar-refractivity contribution in [1.82, 2.24) is 9.29 Å². The monoisotopic (exact) mass is 436 g/mol. The molecule has 2 heterocycles. The van der Waals surface area contributed by atoms with E-state index in [1.807, 2.05) is 12.1 Å². The van der Waals surface area contributed by atoms with Crippen LogP contribution in [0.2, 0.25) is 0 Å². The van der Waals surface area contributed by atoms with Gasteiger partial charge in [0.1, 0.15) is 0 Å². The van der Waals surface area contributed by atoms with Crippen molar-refractivity contribution in [2.45, 2.75) is 54.7 Å². The van der Waals surface area contributed by atoms with E-state index in [2.05, 4.69) is 25.8 Å². The van der Waals surface area contributed by atoms with Crippen molar-refractivity contribution in [3.05, 3.63) is 53.9 Å². The number of hydrogen-bond acceptors (Lipinski definition) is 5. The van der Waals surface area contributed by atoms with Gasteiger partial charge in [-0.1, -0.05) is 32.9 Å². The van der Waals surface area contributed by atoms with Crippen LogP contribution in [0.5, 0.6) is 0 Å². The van der Waals surface area contributed by atoms with Gasteiger partial charge in [-0.15, -0.1) is 0 Å². The first-order valence-electron chi connectivity index (χ1n) is 9.66. The van der Waals surface area contributed by atoms with E-state index < -0.39 is 19.9 Å². The minimum absolute atomic E-state index is 0.0560. The second kappa shape index (κ2) is 7.81. The summed E-state index contributed by atoms with van der Waals surface area (Å²) in [4.78, 5) is 4.74. The Morgan fingerprint density at radius 2 is 1.69 bits per heavy atom. The molecule has 1 unspecified atom stereocenters. The number of sulfonamides is 1. The van der Waals surface area contributed by atoms with Crippen LogP contribution in [0.4, 0.5) is 0 Å². The molecular weight excluding hydrogens is 408 g/mol. The van der Waals surface area contributed by atoms with Crippen molar-refractivity contribution in [3.8, 4) is 0 Å². The molecule has 158 valence electrons. The maximum atomic E-state index is 13.2. The van der Waals surface area contributed by atoms with Crippen molar-refractivity contribution in [2.24, 2.45) is 0 Å². The van der Waals surface area contributed by atoms with Crippen molar-refractivity contribution < 1.29 is 16.8 Å². The van der Waals surface area contributed by atoms with Gasteiger partial charge in [0.25, 0.3) is 0 Å². The summed E-state index contributed by atoms with van der Waals surface area (Å²) in [6, 6.07) is 10.2. The Bertz CT molecular complexity index is 1090. The number of hydrogen-bond donors (Lipinski definition) is 0. The van der Waals surface area contributed by atoms with Gasteiger partial charge in [-0.05, 0) is 48.1 Å². The lowest BCUT2D eigenvalue weighted by molar-refractivity contribution is 0.310. The van der Waals surface area contributed by atoms with Gasteiger partial charge in [-0.25, -0.2) is 16.8 Å². The summed E-state index contributed by atoms with van der Waals surface area (Å²) < 4.78 is 52.1. The van der Waals surface area contributed by atoms with Gasteiger partial charge in [-0.3, -0.25) is 4.98 Å². The SMILES string of the molecule is CC(C)(C)c1ccc(S(=O)(=O)N2CCCC(c3ncccc3S(C)(=O)=O)C2)cc1. The topological polar surface area (TPSA) is 84.4 Å². The molecule has 0 spiro atoms. The van der Waals surface area contributed by atoms with Gasteiger partial charge >= 0.3 is 0 Å². The predicted molar refractivity (Wildman–Crippen MR) is 113 cm³/mol. The number of pyridine rings is 1. The molecule has 0 radical (unpaired) electrons. The summed E-state index contributed by atoms with van der Waals surface area (Å²) in [6.45, 7) is 6.89. The molecule has 29 heavy (non-hydrogen) atoms. The molecule has 8 heteroatoms. The molecule has 2 aromatic rings. The Labute approximate surface area is 173 Å². The zero-order valence-corrected chi connectivity index (χ0v) is 18.9.